The van der Waals surface area contributed by atoms with Crippen molar-refractivity contribution >= 4 is 60.6 Å². The molecule has 0 spiro atoms. The third-order valence-electron chi connectivity index (χ3n) is 6.69. The van der Waals surface area contributed by atoms with E-state index >= 15 is 0 Å². The van der Waals surface area contributed by atoms with Crippen LogP contribution in [0.1, 0.15) is 24.4 Å². The van der Waals surface area contributed by atoms with Gasteiger partial charge < -0.3 is 5.32 Å². The molecule has 1 saturated carbocycles. The number of rotatable bonds is 6. The Bertz CT molecular complexity index is 1970. The van der Waals surface area contributed by atoms with E-state index in [0.717, 1.165) is 0 Å². The maximum Gasteiger partial charge on any atom is 0.336 e. The van der Waals surface area contributed by atoms with Gasteiger partial charge in [-0.3, -0.25) is 23.3 Å². The summed E-state index contributed by atoms with van der Waals surface area (Å²) in [6.07, 6.45) is 2.77. The Kier molecular flexibility index (Phi) is 7.01. The number of hydrogen-bond acceptors (Lipinski definition) is 6. The minimum atomic E-state index is -2.73. The summed E-state index contributed by atoms with van der Waals surface area (Å²) in [4.78, 5) is 41.2. The molecule has 2 aromatic heterocycles. The van der Waals surface area contributed by atoms with Crippen LogP contribution in [-0.2, 0) is 17.0 Å². The maximum atomic E-state index is 14.9. The van der Waals surface area contributed by atoms with Crippen LogP contribution in [0, 0.1) is 16.3 Å². The van der Waals surface area contributed by atoms with Crippen LogP contribution in [0.25, 0.3) is 16.6 Å². The number of pyridine rings is 1. The molecule has 0 bridgehead atoms. The maximum absolute atomic E-state index is 14.9. The van der Waals surface area contributed by atoms with Crippen molar-refractivity contribution in [1.29, 1.82) is 0 Å². The predicted octanol–water partition coefficient (Wildman–Crippen LogP) is 3.85. The smallest absolute Gasteiger partial charge is 0.336 e. The lowest BCUT2D eigenvalue weighted by atomic mass is 10.1. The molecule has 10 nitrogen and oxygen atoms in total. The van der Waals surface area contributed by atoms with Gasteiger partial charge in [0.15, 0.2) is 0 Å². The van der Waals surface area contributed by atoms with Gasteiger partial charge in [0.2, 0.25) is 0 Å². The third kappa shape index (κ3) is 4.94. The summed E-state index contributed by atoms with van der Waals surface area (Å²) in [6.45, 7) is 1.55. The highest BCUT2D eigenvalue weighted by atomic mass is 127. The molecular weight excluding hydrogens is 638 g/mol. The van der Waals surface area contributed by atoms with Crippen LogP contribution in [0.4, 0.5) is 21.6 Å². The first-order valence-corrected chi connectivity index (χ1v) is 15.1. The number of nitrogens with one attached hydrogen (secondary N) is 2. The summed E-state index contributed by atoms with van der Waals surface area (Å²) in [5.74, 6) is -0.484. The minimum Gasteiger partial charge on any atom is -0.338 e. The molecule has 0 radical (unpaired) electrons. The van der Waals surface area contributed by atoms with E-state index in [1.165, 1.54) is 46.2 Å². The Balaban J connectivity index is 1.91. The second kappa shape index (κ2) is 10.0. The van der Waals surface area contributed by atoms with Crippen LogP contribution in [0.5, 0.6) is 0 Å². The molecule has 204 valence electrons. The second-order valence-corrected chi connectivity index (χ2v) is 12.9. The first-order chi connectivity index (χ1) is 18.4. The van der Waals surface area contributed by atoms with Crippen molar-refractivity contribution in [1.82, 2.24) is 18.4 Å². The van der Waals surface area contributed by atoms with Crippen molar-refractivity contribution in [3.8, 4) is 5.69 Å². The molecule has 2 aromatic carbocycles. The van der Waals surface area contributed by atoms with Gasteiger partial charge in [0.05, 0.1) is 22.6 Å². The zero-order valence-corrected chi connectivity index (χ0v) is 24.6. The summed E-state index contributed by atoms with van der Waals surface area (Å²) < 4.78 is 38.8. The summed E-state index contributed by atoms with van der Waals surface area (Å²) >= 11 is 1.99. The fourth-order valence-corrected chi connectivity index (χ4v) is 5.57. The van der Waals surface area contributed by atoms with Gasteiger partial charge in [-0.2, -0.15) is 4.36 Å². The Morgan fingerprint density at radius 2 is 1.82 bits per heavy atom. The highest BCUT2D eigenvalue weighted by Gasteiger charge is 2.31. The molecule has 5 rings (SSSR count). The number of benzene rings is 2. The van der Waals surface area contributed by atoms with E-state index in [4.69, 9.17) is 0 Å². The van der Waals surface area contributed by atoms with Crippen LogP contribution in [-0.4, -0.2) is 31.2 Å². The van der Waals surface area contributed by atoms with E-state index < -0.39 is 32.5 Å². The van der Waals surface area contributed by atoms with E-state index in [9.17, 15) is 23.0 Å². The van der Waals surface area contributed by atoms with Gasteiger partial charge in [0.25, 0.3) is 11.1 Å². The van der Waals surface area contributed by atoms with Gasteiger partial charge in [-0.25, -0.2) is 18.1 Å². The molecule has 13 heteroatoms. The lowest BCUT2D eigenvalue weighted by Crippen LogP contribution is -2.41. The average molecular weight is 665 g/mol. The van der Waals surface area contributed by atoms with E-state index in [2.05, 4.69) is 14.4 Å². The van der Waals surface area contributed by atoms with E-state index in [1.54, 1.807) is 37.3 Å². The van der Waals surface area contributed by atoms with Crippen LogP contribution in [0.15, 0.2) is 61.2 Å². The van der Waals surface area contributed by atoms with Crippen molar-refractivity contribution in [2.45, 2.75) is 25.8 Å². The van der Waals surface area contributed by atoms with Gasteiger partial charge in [-0.1, -0.05) is 6.07 Å². The molecule has 1 unspecified atom stereocenters. The quantitative estimate of drug-likeness (QED) is 0.304. The summed E-state index contributed by atoms with van der Waals surface area (Å²) in [7, 11) is 0.296. The second-order valence-electron chi connectivity index (χ2n) is 9.45. The number of fused-ring (bicyclic) bond motifs is 1. The number of halogens is 2. The number of aromatic nitrogens is 3. The molecule has 0 aliphatic heterocycles. The standard InChI is InChI=1S/C26H26FIN6O4S/c1-14-22-21(23(32(3)24(14)35)30-20-11-8-15(28)12-19(20)27)25(36)34(17-9-10-17)26(37)33(22)18-7-5-6-16(13-18)31-39(4,38)29-2/h5-8,11-13,17,30H,9-10H2,1-4H3,(H,29,31,38). The highest BCUT2D eigenvalue weighted by molar-refractivity contribution is 14.1. The van der Waals surface area contributed by atoms with Crippen molar-refractivity contribution < 1.29 is 8.60 Å². The van der Waals surface area contributed by atoms with E-state index in [-0.39, 0.29) is 34.0 Å². The topological polar surface area (TPSA) is 119 Å². The Morgan fingerprint density at radius 3 is 2.46 bits per heavy atom. The zero-order valence-electron chi connectivity index (χ0n) is 21.6. The van der Waals surface area contributed by atoms with Crippen molar-refractivity contribution in [2.75, 3.05) is 18.6 Å². The molecular formula is C26H26FIN6O4S. The fraction of sp³-hybridized carbons (Fsp3) is 0.269. The van der Waals surface area contributed by atoms with Crippen LogP contribution < -0.4 is 26.8 Å². The fourth-order valence-electron chi connectivity index (χ4n) is 4.51. The van der Waals surface area contributed by atoms with Gasteiger partial charge in [-0.15, -0.1) is 0 Å². The molecule has 1 fully saturated rings. The van der Waals surface area contributed by atoms with Crippen LogP contribution >= 0.6 is 22.6 Å². The molecule has 0 saturated heterocycles. The molecule has 39 heavy (non-hydrogen) atoms. The first-order valence-electron chi connectivity index (χ1n) is 12.1. The number of aryl methyl sites for hydroxylation is 1. The summed E-state index contributed by atoms with van der Waals surface area (Å²) in [5, 5.41) is 3.03. The Hall–Kier alpha value is -3.30. The number of hydrogen-bond donors (Lipinski definition) is 2. The van der Waals surface area contributed by atoms with Crippen molar-refractivity contribution in [3.05, 3.63) is 88.6 Å². The van der Waals surface area contributed by atoms with Crippen LogP contribution in [0.2, 0.25) is 0 Å². The van der Waals surface area contributed by atoms with E-state index in [0.29, 0.717) is 27.8 Å². The predicted molar refractivity (Wildman–Crippen MR) is 160 cm³/mol. The lowest BCUT2D eigenvalue weighted by molar-refractivity contribution is 0.630. The largest absolute Gasteiger partial charge is 0.338 e. The molecule has 4 aromatic rings. The molecule has 1 atom stereocenters. The minimum absolute atomic E-state index is 0.0708. The molecule has 2 heterocycles. The lowest BCUT2D eigenvalue weighted by Gasteiger charge is -2.20. The number of anilines is 2. The SMILES string of the molecule is CNS(C)(=O)=Nc1cccc(-n2c(=O)n(C3CC3)c(=O)c3c(Nc4ccc(I)cc4F)n(C)c(=O)c(C)c32)c1. The summed E-state index contributed by atoms with van der Waals surface area (Å²) in [5.41, 5.74) is -0.559. The molecule has 1 aliphatic carbocycles. The van der Waals surface area contributed by atoms with Crippen molar-refractivity contribution in [2.24, 2.45) is 11.4 Å². The average Bonchev–Trinajstić information content (AvgIpc) is 3.71. The Morgan fingerprint density at radius 1 is 1.10 bits per heavy atom. The third-order valence-corrected chi connectivity index (χ3v) is 8.67. The highest BCUT2D eigenvalue weighted by Crippen LogP contribution is 2.34. The normalized spacial score (nSPS) is 14.8. The molecule has 0 amide bonds. The van der Waals surface area contributed by atoms with Gasteiger partial charge >= 0.3 is 5.69 Å². The first kappa shape index (κ1) is 27.3. The van der Waals surface area contributed by atoms with Gasteiger partial charge in [-0.05, 0) is 85.8 Å². The summed E-state index contributed by atoms with van der Waals surface area (Å²) in [6, 6.07) is 10.8. The van der Waals surface area contributed by atoms with Gasteiger partial charge in [0, 0.05) is 28.5 Å². The monoisotopic (exact) mass is 664 g/mol. The van der Waals surface area contributed by atoms with E-state index in [1.807, 2.05) is 22.6 Å². The molecule has 2 N–H and O–H groups in total. The molecule has 1 aliphatic rings. The van der Waals surface area contributed by atoms with Crippen LogP contribution in [0.3, 0.4) is 0 Å². The number of nitrogens with zero attached hydrogens (tertiary/aromatic N) is 4. The van der Waals surface area contributed by atoms with Crippen molar-refractivity contribution in [3.63, 3.8) is 0 Å². The van der Waals surface area contributed by atoms with Gasteiger partial charge in [0.1, 0.15) is 26.9 Å². The Labute approximate surface area is 236 Å². The zero-order chi connectivity index (χ0) is 28.2.